The van der Waals surface area contributed by atoms with Crippen LogP contribution in [0.2, 0.25) is 0 Å². The van der Waals surface area contributed by atoms with Crippen molar-refractivity contribution in [2.45, 2.75) is 19.8 Å². The topological polar surface area (TPSA) is 47.3 Å². The number of likely N-dealkylation sites (N-methyl/N-ethyl adjacent to an activating group) is 1. The second-order valence-corrected chi connectivity index (χ2v) is 5.03. The van der Waals surface area contributed by atoms with Crippen LogP contribution >= 0.6 is 0 Å². The summed E-state index contributed by atoms with van der Waals surface area (Å²) in [6.07, 6.45) is 2.20. The van der Waals surface area contributed by atoms with Crippen molar-refractivity contribution < 1.29 is 4.79 Å². The molecule has 1 aromatic carbocycles. The maximum absolute atomic E-state index is 12.1. The SMILES string of the molecule is Cc1cccc(C#N)c1N(C)CC(=O)N1CCCC1. The average Bonchev–Trinajstić information content (AvgIpc) is 2.92. The number of nitrogens with zero attached hydrogens (tertiary/aromatic N) is 3. The highest BCUT2D eigenvalue weighted by Crippen LogP contribution is 2.23. The van der Waals surface area contributed by atoms with Crippen molar-refractivity contribution in [2.75, 3.05) is 31.6 Å². The summed E-state index contributed by atoms with van der Waals surface area (Å²) in [5, 5.41) is 9.17. The van der Waals surface area contributed by atoms with Gasteiger partial charge in [-0.15, -0.1) is 0 Å². The van der Waals surface area contributed by atoms with Gasteiger partial charge in [-0.05, 0) is 31.4 Å². The van der Waals surface area contributed by atoms with Gasteiger partial charge in [-0.1, -0.05) is 12.1 Å². The summed E-state index contributed by atoms with van der Waals surface area (Å²) in [6.45, 7) is 4.03. The van der Waals surface area contributed by atoms with E-state index in [1.807, 2.05) is 35.9 Å². The first-order valence-electron chi connectivity index (χ1n) is 6.62. The van der Waals surface area contributed by atoms with E-state index in [1.165, 1.54) is 0 Å². The normalized spacial score (nSPS) is 14.3. The minimum Gasteiger partial charge on any atom is -0.364 e. The Bertz CT molecular complexity index is 513. The Morgan fingerprint density at radius 1 is 1.42 bits per heavy atom. The molecule has 4 heteroatoms. The third kappa shape index (κ3) is 2.87. The van der Waals surface area contributed by atoms with E-state index in [2.05, 4.69) is 6.07 Å². The lowest BCUT2D eigenvalue weighted by molar-refractivity contribution is -0.128. The molecule has 2 rings (SSSR count). The molecule has 100 valence electrons. The Hall–Kier alpha value is -2.02. The fourth-order valence-electron chi connectivity index (χ4n) is 2.60. The number of anilines is 1. The third-order valence-corrected chi connectivity index (χ3v) is 3.57. The molecule has 0 saturated carbocycles. The zero-order valence-electron chi connectivity index (χ0n) is 11.5. The molecule has 19 heavy (non-hydrogen) atoms. The van der Waals surface area contributed by atoms with Crippen LogP contribution in [-0.2, 0) is 4.79 Å². The summed E-state index contributed by atoms with van der Waals surface area (Å²) in [5.74, 6) is 0.146. The smallest absolute Gasteiger partial charge is 0.242 e. The summed E-state index contributed by atoms with van der Waals surface area (Å²) in [4.78, 5) is 15.9. The number of amides is 1. The molecule has 1 amide bonds. The second-order valence-electron chi connectivity index (χ2n) is 5.03. The van der Waals surface area contributed by atoms with Gasteiger partial charge in [0.1, 0.15) is 6.07 Å². The monoisotopic (exact) mass is 257 g/mol. The molecule has 4 nitrogen and oxygen atoms in total. The zero-order valence-corrected chi connectivity index (χ0v) is 11.5. The lowest BCUT2D eigenvalue weighted by Crippen LogP contribution is -2.37. The summed E-state index contributed by atoms with van der Waals surface area (Å²) >= 11 is 0. The zero-order chi connectivity index (χ0) is 13.8. The van der Waals surface area contributed by atoms with Gasteiger partial charge in [-0.25, -0.2) is 0 Å². The van der Waals surface area contributed by atoms with Gasteiger partial charge >= 0.3 is 0 Å². The van der Waals surface area contributed by atoms with Crippen LogP contribution in [0.3, 0.4) is 0 Å². The number of rotatable bonds is 3. The van der Waals surface area contributed by atoms with E-state index in [-0.39, 0.29) is 5.91 Å². The van der Waals surface area contributed by atoms with Gasteiger partial charge < -0.3 is 9.80 Å². The lowest BCUT2D eigenvalue weighted by Gasteiger charge is -2.25. The molecular formula is C15H19N3O. The Labute approximate surface area is 114 Å². The fourth-order valence-corrected chi connectivity index (χ4v) is 2.60. The molecule has 1 aromatic rings. The molecule has 1 aliphatic heterocycles. The minimum atomic E-state index is 0.146. The highest BCUT2D eigenvalue weighted by molar-refractivity contribution is 5.82. The van der Waals surface area contributed by atoms with Gasteiger partial charge in [0.25, 0.3) is 0 Å². The quantitative estimate of drug-likeness (QED) is 0.831. The second kappa shape index (κ2) is 5.75. The van der Waals surface area contributed by atoms with Crippen LogP contribution in [0.1, 0.15) is 24.0 Å². The summed E-state index contributed by atoms with van der Waals surface area (Å²) in [5.41, 5.74) is 2.50. The first kappa shape index (κ1) is 13.4. The van der Waals surface area contributed by atoms with Crippen molar-refractivity contribution in [3.8, 4) is 6.07 Å². The molecule has 0 aromatic heterocycles. The first-order valence-corrected chi connectivity index (χ1v) is 6.62. The van der Waals surface area contributed by atoms with E-state index in [0.29, 0.717) is 12.1 Å². The molecule has 1 saturated heterocycles. The van der Waals surface area contributed by atoms with E-state index < -0.39 is 0 Å². The standard InChI is InChI=1S/C15H19N3O/c1-12-6-5-7-13(10-16)15(12)17(2)11-14(19)18-8-3-4-9-18/h5-7H,3-4,8-9,11H2,1-2H3. The van der Waals surface area contributed by atoms with Gasteiger partial charge in [0.2, 0.25) is 5.91 Å². The number of likely N-dealkylation sites (tertiary alicyclic amines) is 1. The van der Waals surface area contributed by atoms with Gasteiger partial charge in [0, 0.05) is 20.1 Å². The first-order chi connectivity index (χ1) is 9.13. The van der Waals surface area contributed by atoms with Crippen molar-refractivity contribution in [1.29, 1.82) is 5.26 Å². The predicted molar refractivity (Wildman–Crippen MR) is 75.0 cm³/mol. The van der Waals surface area contributed by atoms with Crippen LogP contribution < -0.4 is 4.90 Å². The molecule has 0 spiro atoms. The van der Waals surface area contributed by atoms with Gasteiger partial charge in [-0.3, -0.25) is 4.79 Å². The summed E-state index contributed by atoms with van der Waals surface area (Å²) in [6, 6.07) is 7.82. The predicted octanol–water partition coefficient (Wildman–Crippen LogP) is 1.93. The van der Waals surface area contributed by atoms with Crippen molar-refractivity contribution in [3.63, 3.8) is 0 Å². The van der Waals surface area contributed by atoms with Crippen LogP contribution in [0.15, 0.2) is 18.2 Å². The molecular weight excluding hydrogens is 238 g/mol. The number of carbonyl (C=O) groups is 1. The van der Waals surface area contributed by atoms with Crippen LogP contribution in [0.25, 0.3) is 0 Å². The number of aryl methyl sites for hydroxylation is 1. The Kier molecular flexibility index (Phi) is 4.06. The van der Waals surface area contributed by atoms with E-state index >= 15 is 0 Å². The fraction of sp³-hybridized carbons (Fsp3) is 0.467. The molecule has 0 radical (unpaired) electrons. The third-order valence-electron chi connectivity index (χ3n) is 3.57. The number of para-hydroxylation sites is 1. The number of hydrogen-bond acceptors (Lipinski definition) is 3. The van der Waals surface area contributed by atoms with E-state index in [0.717, 1.165) is 37.2 Å². The van der Waals surface area contributed by atoms with Gasteiger partial charge in [0.05, 0.1) is 17.8 Å². The molecule has 0 N–H and O–H groups in total. The maximum Gasteiger partial charge on any atom is 0.242 e. The van der Waals surface area contributed by atoms with E-state index in [1.54, 1.807) is 6.07 Å². The molecule has 0 bridgehead atoms. The van der Waals surface area contributed by atoms with Gasteiger partial charge in [0.15, 0.2) is 0 Å². The highest BCUT2D eigenvalue weighted by Gasteiger charge is 2.20. The number of benzene rings is 1. The molecule has 0 unspecified atom stereocenters. The molecule has 1 aliphatic rings. The Balaban J connectivity index is 2.14. The van der Waals surface area contributed by atoms with Gasteiger partial charge in [-0.2, -0.15) is 5.26 Å². The molecule has 0 aliphatic carbocycles. The number of carbonyl (C=O) groups excluding carboxylic acids is 1. The maximum atomic E-state index is 12.1. The average molecular weight is 257 g/mol. The number of nitriles is 1. The van der Waals surface area contributed by atoms with Crippen LogP contribution in [-0.4, -0.2) is 37.5 Å². The molecule has 0 atom stereocenters. The summed E-state index contributed by atoms with van der Waals surface area (Å²) in [7, 11) is 1.87. The Morgan fingerprint density at radius 3 is 2.74 bits per heavy atom. The van der Waals surface area contributed by atoms with Crippen LogP contribution in [0.4, 0.5) is 5.69 Å². The van der Waals surface area contributed by atoms with Crippen molar-refractivity contribution in [3.05, 3.63) is 29.3 Å². The Morgan fingerprint density at radius 2 is 2.11 bits per heavy atom. The largest absolute Gasteiger partial charge is 0.364 e. The highest BCUT2D eigenvalue weighted by atomic mass is 16.2. The van der Waals surface area contributed by atoms with E-state index in [4.69, 9.17) is 5.26 Å². The molecule has 1 heterocycles. The van der Waals surface area contributed by atoms with E-state index in [9.17, 15) is 4.79 Å². The summed E-state index contributed by atoms with van der Waals surface area (Å²) < 4.78 is 0. The van der Waals surface area contributed by atoms with Crippen molar-refractivity contribution in [1.82, 2.24) is 4.90 Å². The van der Waals surface area contributed by atoms with Crippen LogP contribution in [0, 0.1) is 18.3 Å². The van der Waals surface area contributed by atoms with Crippen molar-refractivity contribution in [2.24, 2.45) is 0 Å². The van der Waals surface area contributed by atoms with Crippen molar-refractivity contribution >= 4 is 11.6 Å². The molecule has 1 fully saturated rings. The lowest BCUT2D eigenvalue weighted by atomic mass is 10.1. The minimum absolute atomic E-state index is 0.146. The number of hydrogen-bond donors (Lipinski definition) is 0. The van der Waals surface area contributed by atoms with Crippen LogP contribution in [0.5, 0.6) is 0 Å².